The molecule has 0 radical (unpaired) electrons. The Labute approximate surface area is 176 Å². The van der Waals surface area contributed by atoms with Crippen LogP contribution in [0.2, 0.25) is 0 Å². The average molecular weight is 385 g/mol. The highest BCUT2D eigenvalue weighted by molar-refractivity contribution is 5.24. The summed E-state index contributed by atoms with van der Waals surface area (Å²) >= 11 is 0. The van der Waals surface area contributed by atoms with Crippen LogP contribution in [0.3, 0.4) is 0 Å². The molecule has 28 heavy (non-hydrogen) atoms. The Morgan fingerprint density at radius 2 is 1.68 bits per heavy atom. The zero-order valence-electron chi connectivity index (χ0n) is 19.9. The fourth-order valence-corrected chi connectivity index (χ4v) is 8.59. The molecule has 7 unspecified atom stereocenters. The Morgan fingerprint density at radius 1 is 0.929 bits per heavy atom. The lowest BCUT2D eigenvalue weighted by molar-refractivity contribution is -0.0754. The Balaban J connectivity index is 1.46. The molecule has 0 aromatic rings. The van der Waals surface area contributed by atoms with Gasteiger partial charge in [-0.1, -0.05) is 72.5 Å². The van der Waals surface area contributed by atoms with Crippen molar-refractivity contribution < 1.29 is 0 Å². The molecular formula is C28H48. The summed E-state index contributed by atoms with van der Waals surface area (Å²) in [6.07, 6.45) is 20.5. The number of unbranched alkanes of at least 4 members (excludes halogenated alkanes) is 1. The largest absolute Gasteiger partial charge is 0.0845 e. The van der Waals surface area contributed by atoms with Crippen molar-refractivity contribution in [1.29, 1.82) is 0 Å². The molecule has 160 valence electrons. The summed E-state index contributed by atoms with van der Waals surface area (Å²) in [5, 5.41) is 0. The SMILES string of the molecule is CC1CCCC2C1=CCC1C3CCC(CCCCC(C)(C)C)C3(C)CCC21C. The Hall–Kier alpha value is -0.260. The van der Waals surface area contributed by atoms with Crippen molar-refractivity contribution >= 4 is 0 Å². The van der Waals surface area contributed by atoms with E-state index in [9.17, 15) is 0 Å². The first-order valence-corrected chi connectivity index (χ1v) is 12.8. The third-order valence-corrected chi connectivity index (χ3v) is 10.4. The lowest BCUT2D eigenvalue weighted by atomic mass is 9.45. The van der Waals surface area contributed by atoms with Gasteiger partial charge in [0.2, 0.25) is 0 Å². The molecule has 0 N–H and O–H groups in total. The minimum absolute atomic E-state index is 0.512. The van der Waals surface area contributed by atoms with E-state index in [0.717, 1.165) is 29.6 Å². The first kappa shape index (κ1) is 21.0. The molecule has 0 aromatic carbocycles. The topological polar surface area (TPSA) is 0 Å². The van der Waals surface area contributed by atoms with E-state index in [1.807, 2.05) is 5.57 Å². The molecule has 3 fully saturated rings. The van der Waals surface area contributed by atoms with Crippen LogP contribution in [0.5, 0.6) is 0 Å². The van der Waals surface area contributed by atoms with E-state index in [2.05, 4.69) is 47.6 Å². The second-order valence-corrected chi connectivity index (χ2v) is 13.1. The minimum atomic E-state index is 0.512. The molecule has 4 aliphatic carbocycles. The summed E-state index contributed by atoms with van der Waals surface area (Å²) < 4.78 is 0. The molecular weight excluding hydrogens is 336 g/mol. The molecule has 0 aromatic heterocycles. The van der Waals surface area contributed by atoms with E-state index in [0.29, 0.717) is 16.2 Å². The third-order valence-electron chi connectivity index (χ3n) is 10.4. The first-order valence-electron chi connectivity index (χ1n) is 12.8. The van der Waals surface area contributed by atoms with Crippen LogP contribution in [0.1, 0.15) is 119 Å². The van der Waals surface area contributed by atoms with Crippen molar-refractivity contribution in [3.05, 3.63) is 11.6 Å². The normalized spacial score (nSPS) is 45.8. The molecule has 4 aliphatic rings. The van der Waals surface area contributed by atoms with Crippen LogP contribution in [0, 0.1) is 45.8 Å². The number of hydrogen-bond donors (Lipinski definition) is 0. The minimum Gasteiger partial charge on any atom is -0.0845 e. The molecule has 3 saturated carbocycles. The zero-order chi connectivity index (χ0) is 20.2. The molecule has 4 rings (SSSR count). The summed E-state index contributed by atoms with van der Waals surface area (Å²) in [7, 11) is 0. The maximum Gasteiger partial charge on any atom is -0.0144 e. The molecule has 0 heterocycles. The van der Waals surface area contributed by atoms with Gasteiger partial charge in [-0.3, -0.25) is 0 Å². The lowest BCUT2D eigenvalue weighted by Gasteiger charge is -2.60. The smallest absolute Gasteiger partial charge is 0.0144 e. The van der Waals surface area contributed by atoms with Crippen LogP contribution in [-0.4, -0.2) is 0 Å². The fraction of sp³-hybridized carbons (Fsp3) is 0.929. The Bertz CT molecular complexity index is 592. The molecule has 0 aliphatic heterocycles. The van der Waals surface area contributed by atoms with E-state index in [1.54, 1.807) is 0 Å². The Kier molecular flexibility index (Phi) is 5.59. The van der Waals surface area contributed by atoms with Gasteiger partial charge in [-0.25, -0.2) is 0 Å². The van der Waals surface area contributed by atoms with Crippen LogP contribution in [-0.2, 0) is 0 Å². The second kappa shape index (κ2) is 7.46. The molecule has 0 heteroatoms. The van der Waals surface area contributed by atoms with Crippen LogP contribution < -0.4 is 0 Å². The van der Waals surface area contributed by atoms with Gasteiger partial charge in [-0.15, -0.1) is 0 Å². The maximum atomic E-state index is 2.75. The third kappa shape index (κ3) is 3.54. The van der Waals surface area contributed by atoms with Gasteiger partial charge in [0.1, 0.15) is 0 Å². The van der Waals surface area contributed by atoms with Gasteiger partial charge in [0.25, 0.3) is 0 Å². The van der Waals surface area contributed by atoms with Crippen LogP contribution >= 0.6 is 0 Å². The van der Waals surface area contributed by atoms with Crippen LogP contribution in [0.4, 0.5) is 0 Å². The molecule has 0 nitrogen and oxygen atoms in total. The summed E-state index contributed by atoms with van der Waals surface area (Å²) in [6, 6.07) is 0. The second-order valence-electron chi connectivity index (χ2n) is 13.1. The van der Waals surface area contributed by atoms with E-state index in [4.69, 9.17) is 0 Å². The number of hydrogen-bond acceptors (Lipinski definition) is 0. The van der Waals surface area contributed by atoms with Gasteiger partial charge in [0.05, 0.1) is 0 Å². The predicted molar refractivity (Wildman–Crippen MR) is 122 cm³/mol. The van der Waals surface area contributed by atoms with Gasteiger partial charge in [0.15, 0.2) is 0 Å². The van der Waals surface area contributed by atoms with Gasteiger partial charge in [0, 0.05) is 0 Å². The molecule has 7 atom stereocenters. The summed E-state index contributed by atoms with van der Waals surface area (Å²) in [6.45, 7) is 15.2. The quantitative estimate of drug-likeness (QED) is 0.335. The average Bonchev–Trinajstić information content (AvgIpc) is 2.95. The lowest BCUT2D eigenvalue weighted by Crippen LogP contribution is -2.52. The standard InChI is InChI=1S/C28H48/c1-20-10-9-12-23-22(20)14-16-25-24-15-13-21(11-7-8-17-26(2,3)4)27(24,5)18-19-28(23,25)6/h14,20-21,23-25H,7-13,15-19H2,1-6H3. The summed E-state index contributed by atoms with van der Waals surface area (Å²) in [4.78, 5) is 0. The van der Waals surface area contributed by atoms with Crippen molar-refractivity contribution in [3.8, 4) is 0 Å². The van der Waals surface area contributed by atoms with Gasteiger partial charge in [-0.2, -0.15) is 0 Å². The van der Waals surface area contributed by atoms with E-state index < -0.39 is 0 Å². The van der Waals surface area contributed by atoms with E-state index in [1.165, 1.54) is 77.0 Å². The number of allylic oxidation sites excluding steroid dienone is 2. The van der Waals surface area contributed by atoms with Crippen molar-refractivity contribution in [2.45, 2.75) is 119 Å². The fourth-order valence-electron chi connectivity index (χ4n) is 8.59. The number of rotatable bonds is 4. The van der Waals surface area contributed by atoms with E-state index in [-0.39, 0.29) is 0 Å². The number of fused-ring (bicyclic) bond motifs is 5. The highest BCUT2D eigenvalue weighted by atomic mass is 14.6. The van der Waals surface area contributed by atoms with Crippen molar-refractivity contribution in [1.82, 2.24) is 0 Å². The summed E-state index contributed by atoms with van der Waals surface area (Å²) in [5.41, 5.74) is 3.66. The Morgan fingerprint density at radius 3 is 2.43 bits per heavy atom. The van der Waals surface area contributed by atoms with Gasteiger partial charge >= 0.3 is 0 Å². The van der Waals surface area contributed by atoms with Crippen LogP contribution in [0.15, 0.2) is 11.6 Å². The first-order chi connectivity index (χ1) is 13.2. The van der Waals surface area contributed by atoms with Gasteiger partial charge in [-0.05, 0) is 104 Å². The van der Waals surface area contributed by atoms with Crippen molar-refractivity contribution in [2.24, 2.45) is 45.8 Å². The molecule has 0 amide bonds. The highest BCUT2D eigenvalue weighted by Gasteiger charge is 2.59. The van der Waals surface area contributed by atoms with Crippen molar-refractivity contribution in [2.75, 3.05) is 0 Å². The molecule has 0 saturated heterocycles. The zero-order valence-corrected chi connectivity index (χ0v) is 19.9. The van der Waals surface area contributed by atoms with Crippen LogP contribution in [0.25, 0.3) is 0 Å². The monoisotopic (exact) mass is 384 g/mol. The van der Waals surface area contributed by atoms with Gasteiger partial charge < -0.3 is 0 Å². The highest BCUT2D eigenvalue weighted by Crippen LogP contribution is 2.68. The maximum absolute atomic E-state index is 2.75. The molecule has 0 spiro atoms. The summed E-state index contributed by atoms with van der Waals surface area (Å²) in [5.74, 6) is 4.78. The predicted octanol–water partition coefficient (Wildman–Crippen LogP) is 8.81. The van der Waals surface area contributed by atoms with E-state index >= 15 is 0 Å². The molecule has 0 bridgehead atoms. The van der Waals surface area contributed by atoms with Crippen molar-refractivity contribution in [3.63, 3.8) is 0 Å².